The van der Waals surface area contributed by atoms with E-state index in [0.29, 0.717) is 13.0 Å². The van der Waals surface area contributed by atoms with Crippen LogP contribution in [0.4, 0.5) is 4.79 Å². The van der Waals surface area contributed by atoms with Crippen LogP contribution in [0, 0.1) is 6.92 Å². The van der Waals surface area contributed by atoms with Crippen LogP contribution in [-0.4, -0.2) is 38.5 Å². The van der Waals surface area contributed by atoms with Crippen molar-refractivity contribution in [3.8, 4) is 0 Å². The zero-order chi connectivity index (χ0) is 16.4. The van der Waals surface area contributed by atoms with Gasteiger partial charge in [0.05, 0.1) is 11.5 Å². The fraction of sp³-hybridized carbons (Fsp3) is 0.562. The molecule has 1 aliphatic rings. The minimum Gasteiger partial charge on any atom is -0.337 e. The van der Waals surface area contributed by atoms with Crippen LogP contribution >= 0.6 is 0 Å². The summed E-state index contributed by atoms with van der Waals surface area (Å²) in [5.74, 6) is 0.203. The lowest BCUT2D eigenvalue weighted by molar-refractivity contribution is 0.235. The van der Waals surface area contributed by atoms with Crippen LogP contribution in [0.2, 0.25) is 0 Å². The highest BCUT2D eigenvalue weighted by molar-refractivity contribution is 7.91. The van der Waals surface area contributed by atoms with Gasteiger partial charge in [0, 0.05) is 18.0 Å². The summed E-state index contributed by atoms with van der Waals surface area (Å²) in [6.07, 6.45) is 0.497. The topological polar surface area (TPSA) is 75.3 Å². The standard InChI is InChI=1S/C16H24N2O3S/c1-12-4-6-13(7-5-12)16(2,3)11-17-15(19)18-14-8-9-22(20,21)10-14/h4-7,14H,8-11H2,1-3H3,(H2,17,18,19)/t14-/m1/s1. The normalized spacial score (nSPS) is 20.6. The molecule has 1 aromatic rings. The molecule has 2 amide bonds. The molecule has 0 unspecified atom stereocenters. The Hall–Kier alpha value is -1.56. The van der Waals surface area contributed by atoms with Gasteiger partial charge in [-0.1, -0.05) is 43.7 Å². The maximum absolute atomic E-state index is 11.9. The number of aryl methyl sites for hydroxylation is 1. The molecule has 0 aromatic heterocycles. The van der Waals surface area contributed by atoms with E-state index in [0.717, 1.165) is 5.56 Å². The third-order valence-corrected chi connectivity index (χ3v) is 5.86. The van der Waals surface area contributed by atoms with Crippen molar-refractivity contribution in [2.75, 3.05) is 18.1 Å². The molecule has 1 saturated heterocycles. The highest BCUT2D eigenvalue weighted by Gasteiger charge is 2.29. The zero-order valence-corrected chi connectivity index (χ0v) is 14.2. The Bertz CT molecular complexity index is 636. The fourth-order valence-corrected chi connectivity index (χ4v) is 4.23. The molecule has 2 rings (SSSR count). The predicted molar refractivity (Wildman–Crippen MR) is 87.8 cm³/mol. The van der Waals surface area contributed by atoms with Crippen LogP contribution in [0.25, 0.3) is 0 Å². The first-order valence-corrected chi connectivity index (χ1v) is 9.32. The van der Waals surface area contributed by atoms with Gasteiger partial charge >= 0.3 is 6.03 Å². The number of rotatable bonds is 4. The molecule has 6 heteroatoms. The van der Waals surface area contributed by atoms with Gasteiger partial charge in [-0.05, 0) is 18.9 Å². The Balaban J connectivity index is 1.86. The first-order valence-electron chi connectivity index (χ1n) is 7.50. The molecule has 1 heterocycles. The largest absolute Gasteiger partial charge is 0.337 e. The van der Waals surface area contributed by atoms with Gasteiger partial charge in [-0.3, -0.25) is 0 Å². The first kappa shape index (κ1) is 16.8. The summed E-state index contributed by atoms with van der Waals surface area (Å²) in [5, 5.41) is 5.58. The summed E-state index contributed by atoms with van der Waals surface area (Å²) in [6.45, 7) is 6.66. The molecule has 0 spiro atoms. The number of benzene rings is 1. The lowest BCUT2D eigenvalue weighted by atomic mass is 9.84. The van der Waals surface area contributed by atoms with Crippen LogP contribution in [-0.2, 0) is 15.3 Å². The van der Waals surface area contributed by atoms with Crippen molar-refractivity contribution in [3.05, 3.63) is 35.4 Å². The van der Waals surface area contributed by atoms with Gasteiger partial charge in [-0.25, -0.2) is 13.2 Å². The fourth-order valence-electron chi connectivity index (χ4n) is 2.55. The van der Waals surface area contributed by atoms with E-state index < -0.39 is 9.84 Å². The number of nitrogens with one attached hydrogen (secondary N) is 2. The van der Waals surface area contributed by atoms with E-state index >= 15 is 0 Å². The Morgan fingerprint density at radius 3 is 2.45 bits per heavy atom. The Morgan fingerprint density at radius 1 is 1.27 bits per heavy atom. The second-order valence-electron chi connectivity index (χ2n) is 6.68. The lowest BCUT2D eigenvalue weighted by Gasteiger charge is -2.26. The first-order chi connectivity index (χ1) is 10.2. The number of hydrogen-bond donors (Lipinski definition) is 2. The van der Waals surface area contributed by atoms with E-state index in [1.807, 2.05) is 6.92 Å². The molecule has 0 bridgehead atoms. The number of carbonyl (C=O) groups excluding carboxylic acids is 1. The Morgan fingerprint density at radius 2 is 1.91 bits per heavy atom. The molecule has 2 N–H and O–H groups in total. The van der Waals surface area contributed by atoms with Gasteiger partial charge in [-0.15, -0.1) is 0 Å². The summed E-state index contributed by atoms with van der Waals surface area (Å²) in [5.41, 5.74) is 2.17. The second kappa shape index (κ2) is 6.28. The van der Waals surface area contributed by atoms with Crippen LogP contribution in [0.5, 0.6) is 0 Å². The van der Waals surface area contributed by atoms with Gasteiger partial charge in [0.15, 0.2) is 9.84 Å². The number of urea groups is 1. The summed E-state index contributed by atoms with van der Waals surface area (Å²) >= 11 is 0. The van der Waals surface area contributed by atoms with Crippen molar-refractivity contribution in [1.82, 2.24) is 10.6 Å². The second-order valence-corrected chi connectivity index (χ2v) is 8.91. The van der Waals surface area contributed by atoms with Crippen LogP contribution in [0.15, 0.2) is 24.3 Å². The van der Waals surface area contributed by atoms with Crippen molar-refractivity contribution in [3.63, 3.8) is 0 Å². The van der Waals surface area contributed by atoms with E-state index in [1.165, 1.54) is 5.56 Å². The molecular formula is C16H24N2O3S. The Kier molecular flexibility index (Phi) is 4.80. The zero-order valence-electron chi connectivity index (χ0n) is 13.3. The molecule has 1 fully saturated rings. The lowest BCUT2D eigenvalue weighted by Crippen LogP contribution is -2.46. The SMILES string of the molecule is Cc1ccc(C(C)(C)CNC(=O)N[C@@H]2CCS(=O)(=O)C2)cc1. The van der Waals surface area contributed by atoms with E-state index in [-0.39, 0.29) is 29.0 Å². The van der Waals surface area contributed by atoms with Crippen molar-refractivity contribution in [1.29, 1.82) is 0 Å². The number of sulfone groups is 1. The molecule has 0 radical (unpaired) electrons. The highest BCUT2D eigenvalue weighted by atomic mass is 32.2. The molecule has 0 saturated carbocycles. The van der Waals surface area contributed by atoms with Crippen LogP contribution in [0.3, 0.4) is 0 Å². The highest BCUT2D eigenvalue weighted by Crippen LogP contribution is 2.22. The quantitative estimate of drug-likeness (QED) is 0.886. The molecular weight excluding hydrogens is 300 g/mol. The van der Waals surface area contributed by atoms with Gasteiger partial charge in [0.2, 0.25) is 0 Å². The molecule has 1 aliphatic heterocycles. The summed E-state index contributed by atoms with van der Waals surface area (Å²) < 4.78 is 22.8. The van der Waals surface area contributed by atoms with Crippen LogP contribution in [0.1, 0.15) is 31.4 Å². The average Bonchev–Trinajstić information content (AvgIpc) is 2.76. The van der Waals surface area contributed by atoms with E-state index in [4.69, 9.17) is 0 Å². The van der Waals surface area contributed by atoms with Crippen LogP contribution < -0.4 is 10.6 Å². The van der Waals surface area contributed by atoms with Gasteiger partial charge in [-0.2, -0.15) is 0 Å². The minimum absolute atomic E-state index is 0.0434. The molecule has 5 nitrogen and oxygen atoms in total. The van der Waals surface area contributed by atoms with Crippen molar-refractivity contribution in [2.24, 2.45) is 0 Å². The molecule has 22 heavy (non-hydrogen) atoms. The monoisotopic (exact) mass is 324 g/mol. The average molecular weight is 324 g/mol. The maximum atomic E-state index is 11.9. The molecule has 1 atom stereocenters. The minimum atomic E-state index is -2.97. The number of carbonyl (C=O) groups is 1. The van der Waals surface area contributed by atoms with Gasteiger partial charge < -0.3 is 10.6 Å². The third-order valence-electron chi connectivity index (χ3n) is 4.09. The van der Waals surface area contributed by atoms with Crippen molar-refractivity contribution in [2.45, 2.75) is 38.6 Å². The van der Waals surface area contributed by atoms with Crippen molar-refractivity contribution >= 4 is 15.9 Å². The molecule has 122 valence electrons. The molecule has 0 aliphatic carbocycles. The Labute approximate surface area is 132 Å². The summed E-state index contributed by atoms with van der Waals surface area (Å²) in [7, 11) is -2.97. The number of hydrogen-bond acceptors (Lipinski definition) is 3. The third kappa shape index (κ3) is 4.47. The molecule has 1 aromatic carbocycles. The van der Waals surface area contributed by atoms with E-state index in [9.17, 15) is 13.2 Å². The predicted octanol–water partition coefficient (Wildman–Crippen LogP) is 1.76. The summed E-state index contributed by atoms with van der Waals surface area (Å²) in [6, 6.07) is 7.67. The van der Waals surface area contributed by atoms with E-state index in [2.05, 4.69) is 48.7 Å². The van der Waals surface area contributed by atoms with Gasteiger partial charge in [0.1, 0.15) is 0 Å². The van der Waals surface area contributed by atoms with Crippen molar-refractivity contribution < 1.29 is 13.2 Å². The summed E-state index contributed by atoms with van der Waals surface area (Å²) in [4.78, 5) is 11.9. The van der Waals surface area contributed by atoms with Gasteiger partial charge in [0.25, 0.3) is 0 Å². The number of amides is 2. The maximum Gasteiger partial charge on any atom is 0.315 e. The van der Waals surface area contributed by atoms with E-state index in [1.54, 1.807) is 0 Å². The smallest absolute Gasteiger partial charge is 0.315 e.